The van der Waals surface area contributed by atoms with Gasteiger partial charge in [0.15, 0.2) is 0 Å². The monoisotopic (exact) mass is 290 g/mol. The Morgan fingerprint density at radius 3 is 1.93 bits per heavy atom. The number of hydrogen-bond acceptors (Lipinski definition) is 0. The van der Waals surface area contributed by atoms with Crippen molar-refractivity contribution in [2.24, 2.45) is 0 Å². The predicted octanol–water partition coefficient (Wildman–Crippen LogP) is 3.05. The van der Waals surface area contributed by atoms with Crippen LogP contribution in [0.15, 0.2) is 30.3 Å². The number of rotatable bonds is 3. The summed E-state index contributed by atoms with van der Waals surface area (Å²) in [6.07, 6.45) is -5.43. The van der Waals surface area contributed by atoms with Gasteiger partial charge in [-0.2, -0.15) is 0 Å². The Labute approximate surface area is 89.6 Å². The number of halogens is 5. The fourth-order valence-electron chi connectivity index (χ4n) is 0.830. The summed E-state index contributed by atoms with van der Waals surface area (Å²) in [5, 5.41) is -0.222. The van der Waals surface area contributed by atoms with E-state index in [2.05, 4.69) is 0 Å². The van der Waals surface area contributed by atoms with E-state index in [1.54, 1.807) is 18.2 Å². The van der Waals surface area contributed by atoms with Crippen molar-refractivity contribution in [3.05, 3.63) is 35.9 Å². The van der Waals surface area contributed by atoms with Gasteiger partial charge in [0, 0.05) is 0 Å². The van der Waals surface area contributed by atoms with Crippen LogP contribution in [-0.2, 0) is 5.32 Å². The summed E-state index contributed by atoms with van der Waals surface area (Å²) < 4.78 is 60.4. The normalized spacial score (nSPS) is 12.9. The fraction of sp³-hybridized carbons (Fsp3) is 0.333. The molecule has 0 radical (unpaired) electrons. The van der Waals surface area contributed by atoms with Crippen LogP contribution in [0, 0.1) is 0 Å². The molecular weight excluding hydrogens is 282 g/mol. The summed E-state index contributed by atoms with van der Waals surface area (Å²) >= 11 is -1.80. The topological polar surface area (TPSA) is 0 Å². The van der Waals surface area contributed by atoms with Gasteiger partial charge in [-0.05, 0) is 0 Å². The van der Waals surface area contributed by atoms with Gasteiger partial charge >= 0.3 is 89.1 Å². The maximum absolute atomic E-state index is 12.5. The van der Waals surface area contributed by atoms with Crippen molar-refractivity contribution in [3.63, 3.8) is 0 Å². The second kappa shape index (κ2) is 4.49. The Morgan fingerprint density at radius 2 is 1.47 bits per heavy atom. The first-order valence-electron chi connectivity index (χ1n) is 3.95. The van der Waals surface area contributed by atoms with Crippen molar-refractivity contribution in [1.29, 1.82) is 0 Å². The van der Waals surface area contributed by atoms with Crippen molar-refractivity contribution in [2.75, 3.05) is 0 Å². The minimum atomic E-state index is -5.43. The molecule has 0 saturated heterocycles. The molecule has 6 heteroatoms. The van der Waals surface area contributed by atoms with E-state index in [1.165, 1.54) is 12.1 Å². The van der Waals surface area contributed by atoms with Crippen LogP contribution in [0.3, 0.4) is 0 Å². The third-order valence-corrected chi connectivity index (χ3v) is 3.84. The van der Waals surface area contributed by atoms with E-state index in [0.717, 1.165) is 0 Å². The van der Waals surface area contributed by atoms with E-state index in [4.69, 9.17) is 0 Å². The molecule has 0 aliphatic heterocycles. The molecule has 0 heterocycles. The molecule has 0 amide bonds. The van der Waals surface area contributed by atoms with E-state index >= 15 is 0 Å². The van der Waals surface area contributed by atoms with Crippen molar-refractivity contribution in [1.82, 2.24) is 0 Å². The Kier molecular flexibility index (Phi) is 3.73. The Hall–Kier alpha value is -0.611. The quantitative estimate of drug-likeness (QED) is 0.592. The number of alkyl halides is 5. The molecule has 1 rings (SSSR count). The first kappa shape index (κ1) is 12.5. The van der Waals surface area contributed by atoms with Crippen molar-refractivity contribution >= 4 is 15.0 Å². The van der Waals surface area contributed by atoms with Crippen LogP contribution in [0.5, 0.6) is 0 Å². The van der Waals surface area contributed by atoms with Gasteiger partial charge in [0.25, 0.3) is 0 Å². The van der Waals surface area contributed by atoms with Gasteiger partial charge in [-0.1, -0.05) is 0 Å². The van der Waals surface area contributed by atoms with Gasteiger partial charge in [-0.25, -0.2) is 0 Å². The molecule has 0 unspecified atom stereocenters. The first-order chi connectivity index (χ1) is 6.83. The summed E-state index contributed by atoms with van der Waals surface area (Å²) in [7, 11) is 0. The van der Waals surface area contributed by atoms with Crippen LogP contribution >= 0.6 is 0 Å². The summed E-state index contributed by atoms with van der Waals surface area (Å²) in [4.78, 5) is -4.55. The average molecular weight is 289 g/mol. The number of hydrogen-bond donors (Lipinski definition) is 0. The molecule has 0 bridgehead atoms. The van der Waals surface area contributed by atoms with Crippen molar-refractivity contribution < 1.29 is 22.0 Å². The van der Waals surface area contributed by atoms with E-state index < -0.39 is 26.0 Å². The summed E-state index contributed by atoms with van der Waals surface area (Å²) in [6, 6.07) is 7.97. The first-order valence-corrected chi connectivity index (χ1v) is 6.02. The zero-order chi connectivity index (χ0) is 11.5. The van der Waals surface area contributed by atoms with Gasteiger partial charge in [0.1, 0.15) is 0 Å². The molecule has 0 aliphatic rings. The second-order valence-electron chi connectivity index (χ2n) is 2.79. The maximum atomic E-state index is 12.5. The van der Waals surface area contributed by atoms with Gasteiger partial charge in [0.05, 0.1) is 0 Å². The summed E-state index contributed by atoms with van der Waals surface area (Å²) in [5.74, 6) is 0. The molecule has 0 N–H and O–H groups in total. The summed E-state index contributed by atoms with van der Waals surface area (Å²) in [6.45, 7) is 0. The molecule has 84 valence electrons. The van der Waals surface area contributed by atoms with Crippen LogP contribution in [0.4, 0.5) is 22.0 Å². The standard InChI is InChI=1S/C9H7F5Se/c10-8(11,12)9(13,14)15-6-7-4-2-1-3-5-7/h1-5H,6H2. The van der Waals surface area contributed by atoms with Gasteiger partial charge < -0.3 is 0 Å². The van der Waals surface area contributed by atoms with Crippen LogP contribution in [0.25, 0.3) is 0 Å². The van der Waals surface area contributed by atoms with Gasteiger partial charge in [-0.15, -0.1) is 0 Å². The molecule has 15 heavy (non-hydrogen) atoms. The van der Waals surface area contributed by atoms with Crippen molar-refractivity contribution in [2.45, 2.75) is 16.3 Å². The molecule has 0 spiro atoms. The zero-order valence-electron chi connectivity index (χ0n) is 7.39. The molecule has 0 aliphatic carbocycles. The SMILES string of the molecule is FC(F)(F)C(F)(F)[Se]Cc1ccccc1. The fourth-order valence-corrected chi connectivity index (χ4v) is 2.31. The van der Waals surface area contributed by atoms with E-state index in [1.807, 2.05) is 0 Å². The molecule has 0 nitrogen and oxygen atoms in total. The second-order valence-corrected chi connectivity index (χ2v) is 5.08. The molecule has 0 aromatic heterocycles. The van der Waals surface area contributed by atoms with E-state index in [-0.39, 0.29) is 5.32 Å². The minimum absolute atomic E-state index is 0.222. The summed E-state index contributed by atoms with van der Waals surface area (Å²) in [5.41, 5.74) is 0.501. The van der Waals surface area contributed by atoms with E-state index in [0.29, 0.717) is 5.56 Å². The van der Waals surface area contributed by atoms with Crippen LogP contribution in [0.2, 0.25) is 0 Å². The zero-order valence-corrected chi connectivity index (χ0v) is 9.11. The Morgan fingerprint density at radius 1 is 0.933 bits per heavy atom. The van der Waals surface area contributed by atoms with Crippen LogP contribution in [-0.4, -0.2) is 26.0 Å². The Bertz CT molecular complexity index is 306. The van der Waals surface area contributed by atoms with Crippen LogP contribution in [0.1, 0.15) is 5.56 Å². The Balaban J connectivity index is 2.58. The molecule has 0 atom stereocenters. The molecule has 0 saturated carbocycles. The van der Waals surface area contributed by atoms with Gasteiger partial charge in [0.2, 0.25) is 0 Å². The van der Waals surface area contributed by atoms with Gasteiger partial charge in [-0.3, -0.25) is 0 Å². The van der Waals surface area contributed by atoms with Crippen molar-refractivity contribution in [3.8, 4) is 0 Å². The molecule has 1 aromatic rings. The molecular formula is C9H7F5Se. The number of benzene rings is 1. The third kappa shape index (κ3) is 3.46. The molecule has 1 aromatic carbocycles. The van der Waals surface area contributed by atoms with E-state index in [9.17, 15) is 22.0 Å². The predicted molar refractivity (Wildman–Crippen MR) is 46.9 cm³/mol. The average Bonchev–Trinajstić information content (AvgIpc) is 2.15. The third-order valence-electron chi connectivity index (χ3n) is 1.59. The molecule has 0 fully saturated rings. The van der Waals surface area contributed by atoms with Crippen LogP contribution < -0.4 is 0 Å².